The Bertz CT molecular complexity index is 1350. The van der Waals surface area contributed by atoms with Crippen molar-refractivity contribution in [2.75, 3.05) is 21.3 Å². The number of hydrogen-bond donors (Lipinski definition) is 0. The van der Waals surface area contributed by atoms with Crippen molar-refractivity contribution in [1.29, 1.82) is 0 Å². The zero-order valence-electron chi connectivity index (χ0n) is 15.7. The maximum absolute atomic E-state index is 13.0. The minimum absolute atomic E-state index is 0.0972. The van der Waals surface area contributed by atoms with Crippen molar-refractivity contribution in [1.82, 2.24) is 9.38 Å². The molecule has 0 aliphatic rings. The van der Waals surface area contributed by atoms with Gasteiger partial charge in [0.2, 0.25) is 5.75 Å². The molecule has 9 nitrogen and oxygen atoms in total. The number of benzene rings is 2. The third-order valence-electron chi connectivity index (χ3n) is 4.42. The summed E-state index contributed by atoms with van der Waals surface area (Å²) in [6.45, 7) is 0. The van der Waals surface area contributed by atoms with Crippen molar-refractivity contribution >= 4 is 39.1 Å². The molecule has 0 saturated carbocycles. The number of ether oxygens (including phenoxy) is 3. The second-order valence-electron chi connectivity index (χ2n) is 6.03. The molecule has 0 N–H and O–H groups in total. The number of thiazole rings is 1. The maximum Gasteiger partial charge on any atom is 0.274 e. The summed E-state index contributed by atoms with van der Waals surface area (Å²) in [6, 6.07) is 7.72. The summed E-state index contributed by atoms with van der Waals surface area (Å²) >= 11 is 1.20. The van der Waals surface area contributed by atoms with Gasteiger partial charge < -0.3 is 14.2 Å². The fraction of sp³-hybridized carbons (Fsp3) is 0.158. The molecule has 4 aromatic rings. The molecule has 0 aliphatic carbocycles. The number of nitrogens with zero attached hydrogens (tertiary/aromatic N) is 3. The molecule has 0 unspecified atom stereocenters. The third-order valence-corrected chi connectivity index (χ3v) is 5.39. The van der Waals surface area contributed by atoms with Crippen LogP contribution in [-0.2, 0) is 0 Å². The van der Waals surface area contributed by atoms with Gasteiger partial charge >= 0.3 is 0 Å². The van der Waals surface area contributed by atoms with Gasteiger partial charge in [-0.1, -0.05) is 11.3 Å². The van der Waals surface area contributed by atoms with Gasteiger partial charge in [-0.25, -0.2) is 9.38 Å². The molecule has 0 spiro atoms. The second kappa shape index (κ2) is 7.06. The van der Waals surface area contributed by atoms with Gasteiger partial charge in [0, 0.05) is 12.1 Å². The Morgan fingerprint density at radius 3 is 2.38 bits per heavy atom. The summed E-state index contributed by atoms with van der Waals surface area (Å²) in [4.78, 5) is 28.4. The average molecular weight is 413 g/mol. The molecule has 0 atom stereocenters. The van der Waals surface area contributed by atoms with E-state index in [0.717, 1.165) is 0 Å². The van der Waals surface area contributed by atoms with E-state index in [1.54, 1.807) is 18.2 Å². The highest BCUT2D eigenvalue weighted by Crippen LogP contribution is 2.38. The normalized spacial score (nSPS) is 11.9. The molecular weight excluding hydrogens is 398 g/mol. The largest absolute Gasteiger partial charge is 0.493 e. The molecule has 0 fully saturated rings. The summed E-state index contributed by atoms with van der Waals surface area (Å²) in [5, 5.41) is 11.1. The first-order valence-corrected chi connectivity index (χ1v) is 9.19. The third kappa shape index (κ3) is 3.03. The average Bonchev–Trinajstić information content (AvgIpc) is 3.22. The van der Waals surface area contributed by atoms with Gasteiger partial charge in [0.05, 0.1) is 41.8 Å². The van der Waals surface area contributed by atoms with Crippen LogP contribution in [0.4, 0.5) is 5.69 Å². The Morgan fingerprint density at radius 2 is 1.79 bits per heavy atom. The lowest BCUT2D eigenvalue weighted by Crippen LogP contribution is -2.22. The van der Waals surface area contributed by atoms with Crippen LogP contribution in [0.15, 0.2) is 35.1 Å². The zero-order valence-corrected chi connectivity index (χ0v) is 16.5. The van der Waals surface area contributed by atoms with E-state index in [0.29, 0.717) is 43.3 Å². The molecule has 0 radical (unpaired) electrons. The Balaban J connectivity index is 1.94. The van der Waals surface area contributed by atoms with Gasteiger partial charge in [-0.3, -0.25) is 14.9 Å². The maximum atomic E-state index is 13.0. The fourth-order valence-electron chi connectivity index (χ4n) is 3.10. The van der Waals surface area contributed by atoms with Crippen LogP contribution in [0.25, 0.3) is 22.1 Å². The van der Waals surface area contributed by atoms with Crippen LogP contribution in [0.1, 0.15) is 5.56 Å². The predicted molar refractivity (Wildman–Crippen MR) is 108 cm³/mol. The smallest absolute Gasteiger partial charge is 0.274 e. The highest BCUT2D eigenvalue weighted by Gasteiger charge is 2.16. The van der Waals surface area contributed by atoms with Crippen LogP contribution in [0.5, 0.6) is 17.2 Å². The van der Waals surface area contributed by atoms with Gasteiger partial charge in [0.25, 0.3) is 11.2 Å². The molecule has 0 bridgehead atoms. The molecule has 148 valence electrons. The van der Waals surface area contributed by atoms with Crippen LogP contribution in [0.2, 0.25) is 0 Å². The quantitative estimate of drug-likeness (QED) is 0.365. The van der Waals surface area contributed by atoms with E-state index in [1.165, 1.54) is 55.3 Å². The van der Waals surface area contributed by atoms with Gasteiger partial charge in [0.1, 0.15) is 0 Å². The fourth-order valence-corrected chi connectivity index (χ4v) is 4.09. The minimum atomic E-state index is -0.501. The predicted octanol–water partition coefficient (Wildman–Crippen LogP) is 2.39. The lowest BCUT2D eigenvalue weighted by molar-refractivity contribution is -0.384. The van der Waals surface area contributed by atoms with E-state index < -0.39 is 4.92 Å². The number of imidazole rings is 1. The molecule has 0 amide bonds. The van der Waals surface area contributed by atoms with E-state index in [4.69, 9.17) is 14.2 Å². The Morgan fingerprint density at radius 1 is 1.10 bits per heavy atom. The zero-order chi connectivity index (χ0) is 20.7. The molecule has 29 heavy (non-hydrogen) atoms. The summed E-state index contributed by atoms with van der Waals surface area (Å²) in [6.07, 6.45) is 1.69. The van der Waals surface area contributed by atoms with Crippen molar-refractivity contribution in [3.63, 3.8) is 0 Å². The van der Waals surface area contributed by atoms with Crippen molar-refractivity contribution < 1.29 is 19.1 Å². The Hall–Kier alpha value is -3.66. The van der Waals surface area contributed by atoms with E-state index in [-0.39, 0.29) is 11.2 Å². The SMILES string of the molecule is COc1cc(/C=c2\sc3nc4ccc([N+](=O)[O-])cc4n3c2=O)cc(OC)c1OC. The molecule has 0 aliphatic heterocycles. The summed E-state index contributed by atoms with van der Waals surface area (Å²) in [5.74, 6) is 1.38. The van der Waals surface area contributed by atoms with Crippen LogP contribution >= 0.6 is 11.3 Å². The lowest BCUT2D eigenvalue weighted by atomic mass is 10.1. The Labute approximate surface area is 167 Å². The first kappa shape index (κ1) is 18.7. The number of aromatic nitrogens is 2. The molecule has 2 heterocycles. The number of non-ortho nitro benzene ring substituents is 1. The standard InChI is InChI=1S/C19H15N3O6S/c1-26-14-6-10(7-15(27-2)17(14)28-3)8-16-18(23)21-13-9-11(22(24)25)4-5-12(13)20-19(21)29-16/h4-9H,1-3H3/b16-8-. The number of fused-ring (bicyclic) bond motifs is 3. The number of methoxy groups -OCH3 is 3. The van der Waals surface area contributed by atoms with Crippen LogP contribution in [0, 0.1) is 10.1 Å². The number of rotatable bonds is 5. The van der Waals surface area contributed by atoms with Gasteiger partial charge in [-0.05, 0) is 29.8 Å². The highest BCUT2D eigenvalue weighted by atomic mass is 32.1. The first-order chi connectivity index (χ1) is 14.0. The van der Waals surface area contributed by atoms with Crippen LogP contribution in [-0.4, -0.2) is 35.6 Å². The number of hydrogen-bond acceptors (Lipinski definition) is 8. The van der Waals surface area contributed by atoms with E-state index in [2.05, 4.69) is 4.98 Å². The van der Waals surface area contributed by atoms with Crippen LogP contribution < -0.4 is 24.3 Å². The summed E-state index contributed by atoms with van der Waals surface area (Å²) in [7, 11) is 4.54. The van der Waals surface area contributed by atoms with Crippen molar-refractivity contribution in [2.45, 2.75) is 0 Å². The number of nitro groups is 1. The van der Waals surface area contributed by atoms with E-state index >= 15 is 0 Å². The minimum Gasteiger partial charge on any atom is -0.493 e. The monoisotopic (exact) mass is 413 g/mol. The molecular formula is C19H15N3O6S. The van der Waals surface area contributed by atoms with Crippen molar-refractivity contribution in [2.24, 2.45) is 0 Å². The lowest BCUT2D eigenvalue weighted by Gasteiger charge is -2.12. The molecule has 0 saturated heterocycles. The highest BCUT2D eigenvalue weighted by molar-refractivity contribution is 7.15. The molecule has 2 aromatic heterocycles. The first-order valence-electron chi connectivity index (χ1n) is 8.38. The van der Waals surface area contributed by atoms with Gasteiger partial charge in [-0.15, -0.1) is 0 Å². The van der Waals surface area contributed by atoms with Crippen molar-refractivity contribution in [3.8, 4) is 17.2 Å². The Kier molecular flexibility index (Phi) is 4.55. The van der Waals surface area contributed by atoms with Crippen molar-refractivity contribution in [3.05, 3.63) is 60.9 Å². The number of nitro benzene ring substituents is 1. The summed E-state index contributed by atoms with van der Waals surface area (Å²) in [5.41, 5.74) is 1.21. The molecule has 2 aromatic carbocycles. The summed E-state index contributed by atoms with van der Waals surface area (Å²) < 4.78 is 17.8. The van der Waals surface area contributed by atoms with E-state index in [1.807, 2.05) is 0 Å². The van der Waals surface area contributed by atoms with Gasteiger partial charge in [-0.2, -0.15) is 0 Å². The molecule has 10 heteroatoms. The van der Waals surface area contributed by atoms with Gasteiger partial charge in [0.15, 0.2) is 16.5 Å². The topological polar surface area (TPSA) is 105 Å². The second-order valence-corrected chi connectivity index (χ2v) is 7.04. The van der Waals surface area contributed by atoms with E-state index in [9.17, 15) is 14.9 Å². The molecule has 4 rings (SSSR count). The van der Waals surface area contributed by atoms with Crippen LogP contribution in [0.3, 0.4) is 0 Å².